The molecule has 0 spiro atoms. The number of aliphatic carboxylic acids is 1. The van der Waals surface area contributed by atoms with Crippen LogP contribution in [0.3, 0.4) is 0 Å². The number of piperidine rings is 1. The lowest BCUT2D eigenvalue weighted by molar-refractivity contribution is -0.162. The molecule has 1 heterocycles. The van der Waals surface area contributed by atoms with Gasteiger partial charge in [0.05, 0.1) is 6.42 Å². The molecule has 1 saturated heterocycles. The molecule has 8 nitrogen and oxygen atoms in total. The lowest BCUT2D eigenvalue weighted by Crippen LogP contribution is -2.39. The summed E-state index contributed by atoms with van der Waals surface area (Å²) in [5.74, 6) is -1.95. The van der Waals surface area contributed by atoms with Gasteiger partial charge in [-0.1, -0.05) is 60.7 Å². The van der Waals surface area contributed by atoms with Crippen LogP contribution in [0.4, 0.5) is 5.69 Å². The molecule has 37 heavy (non-hydrogen) atoms. The van der Waals surface area contributed by atoms with E-state index in [4.69, 9.17) is 5.73 Å². The summed E-state index contributed by atoms with van der Waals surface area (Å²) in [6, 6.07) is 22.6. The van der Waals surface area contributed by atoms with Crippen molar-refractivity contribution in [2.45, 2.75) is 37.3 Å². The average molecular weight is 502 g/mol. The SMILES string of the molecule is NCc1cccc(C2CCN(C(=O)c3cccc(NC(=O)CC(O)(C(=O)O)c4ccccc4)c3)CC2)c1. The van der Waals surface area contributed by atoms with Crippen LogP contribution >= 0.6 is 0 Å². The lowest BCUT2D eigenvalue weighted by atomic mass is 9.88. The van der Waals surface area contributed by atoms with Crippen molar-refractivity contribution in [3.8, 4) is 0 Å². The number of benzene rings is 3. The van der Waals surface area contributed by atoms with E-state index >= 15 is 0 Å². The Hall–Kier alpha value is -4.01. The van der Waals surface area contributed by atoms with Crippen LogP contribution in [0.25, 0.3) is 0 Å². The Balaban J connectivity index is 1.39. The lowest BCUT2D eigenvalue weighted by Gasteiger charge is -2.32. The first kappa shape index (κ1) is 26.1. The summed E-state index contributed by atoms with van der Waals surface area (Å²) >= 11 is 0. The second kappa shape index (κ2) is 11.4. The Bertz CT molecular complexity index is 1270. The predicted molar refractivity (Wildman–Crippen MR) is 140 cm³/mol. The van der Waals surface area contributed by atoms with E-state index in [1.165, 1.54) is 17.7 Å². The number of nitrogens with two attached hydrogens (primary N) is 1. The van der Waals surface area contributed by atoms with Crippen molar-refractivity contribution in [1.82, 2.24) is 4.90 Å². The normalized spacial score (nSPS) is 15.6. The van der Waals surface area contributed by atoms with Gasteiger partial charge in [0.1, 0.15) is 0 Å². The van der Waals surface area contributed by atoms with Crippen molar-refractivity contribution in [1.29, 1.82) is 0 Å². The number of carbonyl (C=O) groups is 3. The Labute approximate surface area is 215 Å². The van der Waals surface area contributed by atoms with Crippen LogP contribution in [-0.4, -0.2) is 46.0 Å². The van der Waals surface area contributed by atoms with Gasteiger partial charge in [-0.2, -0.15) is 0 Å². The number of carboxylic acids is 1. The zero-order valence-corrected chi connectivity index (χ0v) is 20.5. The van der Waals surface area contributed by atoms with E-state index in [1.54, 1.807) is 42.5 Å². The molecule has 2 amide bonds. The predicted octanol–water partition coefficient (Wildman–Crippen LogP) is 3.47. The van der Waals surface area contributed by atoms with Crippen LogP contribution in [0.1, 0.15) is 52.2 Å². The molecule has 4 rings (SSSR count). The van der Waals surface area contributed by atoms with Gasteiger partial charge < -0.3 is 26.2 Å². The Morgan fingerprint density at radius 2 is 1.65 bits per heavy atom. The van der Waals surface area contributed by atoms with Crippen LogP contribution in [0.15, 0.2) is 78.9 Å². The minimum atomic E-state index is -2.37. The number of likely N-dealkylation sites (tertiary alicyclic amines) is 1. The van der Waals surface area contributed by atoms with Gasteiger partial charge in [-0.05, 0) is 53.6 Å². The summed E-state index contributed by atoms with van der Waals surface area (Å²) in [4.78, 5) is 39.4. The van der Waals surface area contributed by atoms with Gasteiger partial charge in [0.25, 0.3) is 5.91 Å². The highest BCUT2D eigenvalue weighted by Crippen LogP contribution is 2.30. The highest BCUT2D eigenvalue weighted by Gasteiger charge is 2.40. The van der Waals surface area contributed by atoms with Crippen LogP contribution in [0.5, 0.6) is 0 Å². The summed E-state index contributed by atoms with van der Waals surface area (Å²) in [6.45, 7) is 1.74. The van der Waals surface area contributed by atoms with E-state index in [1.807, 2.05) is 17.0 Å². The molecule has 1 aliphatic rings. The number of anilines is 1. The van der Waals surface area contributed by atoms with Gasteiger partial charge in [0.2, 0.25) is 5.91 Å². The number of nitrogens with zero attached hydrogens (tertiary/aromatic N) is 1. The van der Waals surface area contributed by atoms with Gasteiger partial charge in [-0.25, -0.2) is 4.79 Å². The molecule has 1 aliphatic heterocycles. The fourth-order valence-electron chi connectivity index (χ4n) is 4.76. The van der Waals surface area contributed by atoms with E-state index in [9.17, 15) is 24.6 Å². The zero-order valence-electron chi connectivity index (χ0n) is 20.5. The first-order valence-electron chi connectivity index (χ1n) is 12.3. The van der Waals surface area contributed by atoms with Gasteiger partial charge in [0, 0.05) is 30.9 Å². The third kappa shape index (κ3) is 6.04. The van der Waals surface area contributed by atoms with Crippen LogP contribution in [0, 0.1) is 0 Å². The summed E-state index contributed by atoms with van der Waals surface area (Å²) in [5, 5.41) is 22.9. The van der Waals surface area contributed by atoms with E-state index in [2.05, 4.69) is 17.4 Å². The number of carboxylic acid groups (broad SMARTS) is 1. The second-order valence-electron chi connectivity index (χ2n) is 9.35. The number of hydrogen-bond donors (Lipinski definition) is 4. The molecule has 192 valence electrons. The molecule has 0 bridgehead atoms. The van der Waals surface area contributed by atoms with Crippen molar-refractivity contribution < 1.29 is 24.6 Å². The molecule has 0 aliphatic carbocycles. The van der Waals surface area contributed by atoms with Crippen molar-refractivity contribution in [2.75, 3.05) is 18.4 Å². The smallest absolute Gasteiger partial charge is 0.340 e. The molecule has 0 aromatic heterocycles. The van der Waals surface area contributed by atoms with Crippen LogP contribution in [-0.2, 0) is 21.7 Å². The van der Waals surface area contributed by atoms with Crippen molar-refractivity contribution in [3.05, 3.63) is 101 Å². The van der Waals surface area contributed by atoms with E-state index in [0.717, 1.165) is 18.4 Å². The summed E-state index contributed by atoms with van der Waals surface area (Å²) in [5.41, 5.74) is 6.64. The molecule has 5 N–H and O–H groups in total. The van der Waals surface area contributed by atoms with Crippen molar-refractivity contribution in [2.24, 2.45) is 5.73 Å². The number of aliphatic hydroxyl groups is 1. The first-order valence-corrected chi connectivity index (χ1v) is 12.3. The number of amides is 2. The second-order valence-corrected chi connectivity index (χ2v) is 9.35. The van der Waals surface area contributed by atoms with Gasteiger partial charge in [0.15, 0.2) is 5.60 Å². The third-order valence-corrected chi connectivity index (χ3v) is 6.86. The maximum Gasteiger partial charge on any atom is 0.340 e. The van der Waals surface area contributed by atoms with E-state index in [0.29, 0.717) is 36.8 Å². The standard InChI is InChI=1S/C29H31N3O5/c30-19-20-6-4-7-22(16-20)21-12-14-32(15-13-21)27(34)23-8-5-11-25(17-23)31-26(33)18-29(37,28(35)36)24-9-2-1-3-10-24/h1-11,16-17,21,37H,12-15,18-19,30H2,(H,31,33)(H,35,36). The van der Waals surface area contributed by atoms with Gasteiger partial charge in [-0.3, -0.25) is 9.59 Å². The maximum atomic E-state index is 13.2. The van der Waals surface area contributed by atoms with Crippen molar-refractivity contribution >= 4 is 23.5 Å². The van der Waals surface area contributed by atoms with E-state index < -0.39 is 23.9 Å². The molecule has 1 fully saturated rings. The highest BCUT2D eigenvalue weighted by atomic mass is 16.4. The van der Waals surface area contributed by atoms with E-state index in [-0.39, 0.29) is 11.5 Å². The Kier molecular flexibility index (Phi) is 8.01. The summed E-state index contributed by atoms with van der Waals surface area (Å²) in [6.07, 6.45) is 1.02. The molecule has 3 aromatic rings. The maximum absolute atomic E-state index is 13.2. The molecule has 0 saturated carbocycles. The molecule has 1 unspecified atom stereocenters. The highest BCUT2D eigenvalue weighted by molar-refractivity contribution is 5.98. The Morgan fingerprint density at radius 1 is 0.946 bits per heavy atom. The molecular formula is C29H31N3O5. The quantitative estimate of drug-likeness (QED) is 0.374. The number of hydrogen-bond acceptors (Lipinski definition) is 5. The van der Waals surface area contributed by atoms with Crippen LogP contribution in [0.2, 0.25) is 0 Å². The van der Waals surface area contributed by atoms with Gasteiger partial charge >= 0.3 is 5.97 Å². The minimum Gasteiger partial charge on any atom is -0.479 e. The summed E-state index contributed by atoms with van der Waals surface area (Å²) < 4.78 is 0. The van der Waals surface area contributed by atoms with Crippen LogP contribution < -0.4 is 11.1 Å². The molecule has 8 heteroatoms. The minimum absolute atomic E-state index is 0.111. The number of rotatable bonds is 8. The number of nitrogens with one attached hydrogen (secondary N) is 1. The molecule has 0 radical (unpaired) electrons. The first-order chi connectivity index (χ1) is 17.8. The fourth-order valence-corrected chi connectivity index (χ4v) is 4.76. The Morgan fingerprint density at radius 3 is 2.32 bits per heavy atom. The van der Waals surface area contributed by atoms with Crippen molar-refractivity contribution in [3.63, 3.8) is 0 Å². The molecule has 3 aromatic carbocycles. The van der Waals surface area contributed by atoms with Gasteiger partial charge in [-0.15, -0.1) is 0 Å². The largest absolute Gasteiger partial charge is 0.479 e. The third-order valence-electron chi connectivity index (χ3n) is 6.86. The monoisotopic (exact) mass is 501 g/mol. The summed E-state index contributed by atoms with van der Waals surface area (Å²) in [7, 11) is 0. The number of carbonyl (C=O) groups excluding carboxylic acids is 2. The fraction of sp³-hybridized carbons (Fsp3) is 0.276. The molecular weight excluding hydrogens is 470 g/mol. The zero-order chi connectivity index (χ0) is 26.4. The average Bonchev–Trinajstić information content (AvgIpc) is 2.93. The molecule has 1 atom stereocenters. The topological polar surface area (TPSA) is 133 Å².